The van der Waals surface area contributed by atoms with Crippen LogP contribution in [0.3, 0.4) is 0 Å². The van der Waals surface area contributed by atoms with Gasteiger partial charge < -0.3 is 0 Å². The summed E-state index contributed by atoms with van der Waals surface area (Å²) in [6, 6.07) is 0. The van der Waals surface area contributed by atoms with Gasteiger partial charge in [-0.2, -0.15) is 0 Å². The lowest BCUT2D eigenvalue weighted by Crippen LogP contribution is -1.96. The number of hydrogen-bond acceptors (Lipinski definition) is 0. The van der Waals surface area contributed by atoms with E-state index in [4.69, 9.17) is 0 Å². The molecule has 0 aliphatic heterocycles. The lowest BCUT2D eigenvalue weighted by Gasteiger charge is -2.10. The topological polar surface area (TPSA) is 0 Å². The van der Waals surface area contributed by atoms with E-state index in [0.29, 0.717) is 0 Å². The van der Waals surface area contributed by atoms with Gasteiger partial charge in [0.25, 0.3) is 0 Å². The Labute approximate surface area is 70.7 Å². The van der Waals surface area contributed by atoms with Crippen molar-refractivity contribution in [3.05, 3.63) is 19.1 Å². The highest BCUT2D eigenvalue weighted by molar-refractivity contribution is 4.85. The van der Waals surface area contributed by atoms with Crippen molar-refractivity contribution >= 4 is 0 Å². The van der Waals surface area contributed by atoms with E-state index in [1.165, 1.54) is 38.5 Å². The summed E-state index contributed by atoms with van der Waals surface area (Å²) in [7, 11) is 0. The van der Waals surface area contributed by atoms with Gasteiger partial charge in [-0.3, -0.25) is 0 Å². The third-order valence-electron chi connectivity index (χ3n) is 2.53. The molecule has 1 atom stereocenters. The van der Waals surface area contributed by atoms with Gasteiger partial charge in [0.05, 0.1) is 0 Å². The van der Waals surface area contributed by atoms with E-state index in [1.54, 1.807) is 0 Å². The average Bonchev–Trinajstić information content (AvgIpc) is 2.16. The van der Waals surface area contributed by atoms with Crippen molar-refractivity contribution in [1.29, 1.82) is 0 Å². The van der Waals surface area contributed by atoms with E-state index < -0.39 is 0 Å². The number of hydrogen-bond donors (Lipinski definition) is 0. The summed E-state index contributed by atoms with van der Waals surface area (Å²) in [6.45, 7) is 3.98. The highest BCUT2D eigenvalue weighted by atomic mass is 14.1. The summed E-state index contributed by atoms with van der Waals surface area (Å²) in [5, 5.41) is 0. The normalized spacial score (nSPS) is 30.1. The fourth-order valence-electron chi connectivity index (χ4n) is 1.66. The minimum absolute atomic E-state index is 0.865. The first-order chi connectivity index (χ1) is 5.43. The van der Waals surface area contributed by atoms with Crippen LogP contribution >= 0.6 is 0 Å². The predicted octanol–water partition coefficient (Wildman–Crippen LogP) is 3.74. The quantitative estimate of drug-likeness (QED) is 0.501. The molecular weight excluding hydrogens is 132 g/mol. The van der Waals surface area contributed by atoms with Gasteiger partial charge in [-0.15, -0.1) is 0 Å². The molecule has 0 N–H and O–H groups in total. The standard InChI is InChI=1S/C11H19/c1-2-11-9-7-5-3-4-6-8-10-11/h5,7,11H,1-4,6,8-10H2/b7-5+. The Kier molecular flexibility index (Phi) is 4.33. The lowest BCUT2D eigenvalue weighted by molar-refractivity contribution is 0.468. The van der Waals surface area contributed by atoms with Crippen LogP contribution < -0.4 is 0 Å². The molecule has 0 aromatic carbocycles. The summed E-state index contributed by atoms with van der Waals surface area (Å²) in [5.41, 5.74) is 0. The van der Waals surface area contributed by atoms with Crippen molar-refractivity contribution in [2.24, 2.45) is 5.92 Å². The van der Waals surface area contributed by atoms with Crippen LogP contribution in [-0.4, -0.2) is 0 Å². The summed E-state index contributed by atoms with van der Waals surface area (Å²) in [4.78, 5) is 0. The van der Waals surface area contributed by atoms with E-state index in [1.807, 2.05) is 0 Å². The van der Waals surface area contributed by atoms with Gasteiger partial charge in [0.15, 0.2) is 0 Å². The zero-order chi connectivity index (χ0) is 7.94. The molecule has 1 aliphatic rings. The van der Waals surface area contributed by atoms with Crippen LogP contribution in [-0.2, 0) is 0 Å². The highest BCUT2D eigenvalue weighted by Gasteiger charge is 2.04. The SMILES string of the molecule is [CH2]CC1C/C=C/CCCCC1. The fraction of sp³-hybridized carbons (Fsp3) is 0.727. The fourth-order valence-corrected chi connectivity index (χ4v) is 1.66. The molecule has 1 rings (SSSR count). The molecule has 11 heavy (non-hydrogen) atoms. The summed E-state index contributed by atoms with van der Waals surface area (Å²) >= 11 is 0. The van der Waals surface area contributed by atoms with Gasteiger partial charge in [0.1, 0.15) is 0 Å². The minimum atomic E-state index is 0.865. The van der Waals surface area contributed by atoms with Gasteiger partial charge in [0.2, 0.25) is 0 Å². The van der Waals surface area contributed by atoms with E-state index >= 15 is 0 Å². The Hall–Kier alpha value is -0.260. The third kappa shape index (κ3) is 3.60. The van der Waals surface area contributed by atoms with E-state index in [0.717, 1.165) is 12.3 Å². The maximum absolute atomic E-state index is 3.98. The monoisotopic (exact) mass is 151 g/mol. The Morgan fingerprint density at radius 1 is 1.18 bits per heavy atom. The first-order valence-electron chi connectivity index (χ1n) is 4.87. The molecule has 1 aliphatic carbocycles. The predicted molar refractivity (Wildman–Crippen MR) is 50.3 cm³/mol. The van der Waals surface area contributed by atoms with Gasteiger partial charge in [-0.1, -0.05) is 44.8 Å². The summed E-state index contributed by atoms with van der Waals surface area (Å²) in [6.07, 6.45) is 14.0. The Bertz CT molecular complexity index is 113. The van der Waals surface area contributed by atoms with E-state index in [2.05, 4.69) is 19.1 Å². The molecule has 0 spiro atoms. The molecule has 0 aromatic heterocycles. The number of allylic oxidation sites excluding steroid dienone is 2. The van der Waals surface area contributed by atoms with E-state index in [9.17, 15) is 0 Å². The third-order valence-corrected chi connectivity index (χ3v) is 2.53. The second kappa shape index (κ2) is 5.40. The summed E-state index contributed by atoms with van der Waals surface area (Å²) in [5.74, 6) is 0.865. The van der Waals surface area contributed by atoms with Crippen molar-refractivity contribution in [3.63, 3.8) is 0 Å². The van der Waals surface area contributed by atoms with Gasteiger partial charge in [0, 0.05) is 0 Å². The summed E-state index contributed by atoms with van der Waals surface area (Å²) < 4.78 is 0. The van der Waals surface area contributed by atoms with Crippen LogP contribution in [0.2, 0.25) is 0 Å². The van der Waals surface area contributed by atoms with Crippen molar-refractivity contribution in [1.82, 2.24) is 0 Å². The maximum Gasteiger partial charge on any atom is -0.0322 e. The Balaban J connectivity index is 2.30. The van der Waals surface area contributed by atoms with Crippen molar-refractivity contribution in [2.45, 2.75) is 44.9 Å². The Morgan fingerprint density at radius 3 is 2.91 bits per heavy atom. The van der Waals surface area contributed by atoms with Crippen LogP contribution in [0.15, 0.2) is 12.2 Å². The minimum Gasteiger partial charge on any atom is -0.0885 e. The second-order valence-corrected chi connectivity index (χ2v) is 3.50. The van der Waals surface area contributed by atoms with Crippen molar-refractivity contribution < 1.29 is 0 Å². The molecule has 0 bridgehead atoms. The Morgan fingerprint density at radius 2 is 2.09 bits per heavy atom. The first-order valence-corrected chi connectivity index (χ1v) is 4.87. The van der Waals surface area contributed by atoms with Crippen LogP contribution in [0.1, 0.15) is 44.9 Å². The van der Waals surface area contributed by atoms with Crippen LogP contribution in [0.4, 0.5) is 0 Å². The molecule has 63 valence electrons. The van der Waals surface area contributed by atoms with Crippen LogP contribution in [0.5, 0.6) is 0 Å². The molecule has 0 heterocycles. The maximum atomic E-state index is 3.98. The molecule has 0 nitrogen and oxygen atoms in total. The molecule has 0 heteroatoms. The highest BCUT2D eigenvalue weighted by Crippen LogP contribution is 2.20. The molecule has 1 radical (unpaired) electrons. The molecule has 0 fully saturated rings. The molecule has 0 saturated carbocycles. The number of rotatable bonds is 1. The smallest absolute Gasteiger partial charge is 0.0322 e. The zero-order valence-electron chi connectivity index (χ0n) is 7.39. The van der Waals surface area contributed by atoms with Gasteiger partial charge in [-0.25, -0.2) is 0 Å². The van der Waals surface area contributed by atoms with Crippen LogP contribution in [0, 0.1) is 12.8 Å². The van der Waals surface area contributed by atoms with Gasteiger partial charge >= 0.3 is 0 Å². The molecular formula is C11H19. The van der Waals surface area contributed by atoms with Crippen LogP contribution in [0.25, 0.3) is 0 Å². The average molecular weight is 151 g/mol. The molecule has 0 aromatic rings. The van der Waals surface area contributed by atoms with Crippen molar-refractivity contribution in [3.8, 4) is 0 Å². The first kappa shape index (κ1) is 8.83. The second-order valence-electron chi connectivity index (χ2n) is 3.50. The zero-order valence-corrected chi connectivity index (χ0v) is 7.39. The van der Waals surface area contributed by atoms with E-state index in [-0.39, 0.29) is 0 Å². The largest absolute Gasteiger partial charge is 0.0885 e. The lowest BCUT2D eigenvalue weighted by atomic mass is 9.96. The van der Waals surface area contributed by atoms with Crippen molar-refractivity contribution in [2.75, 3.05) is 0 Å². The molecule has 0 saturated heterocycles. The van der Waals surface area contributed by atoms with Gasteiger partial charge in [-0.05, 0) is 25.2 Å². The molecule has 0 amide bonds. The molecule has 1 unspecified atom stereocenters.